The molecule has 1 fully saturated rings. The van der Waals surface area contributed by atoms with Crippen molar-refractivity contribution in [1.29, 1.82) is 0 Å². The van der Waals surface area contributed by atoms with E-state index in [-0.39, 0.29) is 30.1 Å². The van der Waals surface area contributed by atoms with Gasteiger partial charge in [0.1, 0.15) is 5.82 Å². The van der Waals surface area contributed by atoms with Gasteiger partial charge in [0, 0.05) is 30.8 Å². The summed E-state index contributed by atoms with van der Waals surface area (Å²) < 4.78 is 13.9. The van der Waals surface area contributed by atoms with E-state index >= 15 is 0 Å². The molecule has 0 unspecified atom stereocenters. The van der Waals surface area contributed by atoms with Crippen LogP contribution in [0.4, 0.5) is 4.39 Å². The van der Waals surface area contributed by atoms with Crippen molar-refractivity contribution in [2.45, 2.75) is 19.4 Å². The molecule has 1 aromatic heterocycles. The fourth-order valence-electron chi connectivity index (χ4n) is 4.00. The molecule has 0 radical (unpaired) electrons. The minimum atomic E-state index is -0.472. The topological polar surface area (TPSA) is 62.3 Å². The maximum atomic E-state index is 13.9. The van der Waals surface area contributed by atoms with Crippen molar-refractivity contribution in [2.24, 2.45) is 5.92 Å². The summed E-state index contributed by atoms with van der Waals surface area (Å²) in [5, 5.41) is 2.93. The van der Waals surface area contributed by atoms with Gasteiger partial charge >= 0.3 is 0 Å². The molecule has 4 rings (SSSR count). The highest BCUT2D eigenvalue weighted by Crippen LogP contribution is 2.34. The molecule has 6 heteroatoms. The molecule has 0 bridgehead atoms. The standard InChI is InChI=1S/C25H24FN3O2/c1-17-8-10-18(11-9-17)25(31)29-15-22(19-5-4-6-20(26)13-19)23(16-29)24(30)28-14-21-7-2-3-12-27-21/h2-13,22-23H,14-16H2,1H3,(H,28,30)/t22-,23-/m0/s1. The normalized spacial score (nSPS) is 18.1. The number of carbonyl (C=O) groups excluding carboxylic acids is 2. The van der Waals surface area contributed by atoms with Crippen LogP contribution in [-0.2, 0) is 11.3 Å². The van der Waals surface area contributed by atoms with E-state index in [2.05, 4.69) is 10.3 Å². The molecule has 1 N–H and O–H groups in total. The van der Waals surface area contributed by atoms with Crippen LogP contribution >= 0.6 is 0 Å². The molecule has 158 valence electrons. The SMILES string of the molecule is Cc1ccc(C(=O)N2C[C@H](C(=O)NCc3ccccn3)[C@H](c3cccc(F)c3)C2)cc1. The van der Waals surface area contributed by atoms with E-state index in [9.17, 15) is 14.0 Å². The van der Waals surface area contributed by atoms with Crippen molar-refractivity contribution in [3.05, 3.63) is 101 Å². The van der Waals surface area contributed by atoms with E-state index in [4.69, 9.17) is 0 Å². The highest BCUT2D eigenvalue weighted by molar-refractivity contribution is 5.95. The molecule has 2 atom stereocenters. The van der Waals surface area contributed by atoms with Crippen molar-refractivity contribution in [3.63, 3.8) is 0 Å². The van der Waals surface area contributed by atoms with E-state index < -0.39 is 5.92 Å². The molecule has 2 heterocycles. The van der Waals surface area contributed by atoms with Gasteiger partial charge < -0.3 is 10.2 Å². The largest absolute Gasteiger partial charge is 0.350 e. The summed E-state index contributed by atoms with van der Waals surface area (Å²) in [6.07, 6.45) is 1.68. The molecule has 1 saturated heterocycles. The number of benzene rings is 2. The predicted molar refractivity (Wildman–Crippen MR) is 116 cm³/mol. The van der Waals surface area contributed by atoms with Crippen molar-refractivity contribution in [3.8, 4) is 0 Å². The minimum absolute atomic E-state index is 0.124. The van der Waals surface area contributed by atoms with Crippen LogP contribution in [0, 0.1) is 18.7 Å². The quantitative estimate of drug-likeness (QED) is 0.689. The van der Waals surface area contributed by atoms with Gasteiger partial charge in [0.25, 0.3) is 5.91 Å². The molecule has 1 aliphatic rings. The van der Waals surface area contributed by atoms with Gasteiger partial charge in [0.2, 0.25) is 5.91 Å². The highest BCUT2D eigenvalue weighted by Gasteiger charge is 2.40. The van der Waals surface area contributed by atoms with Crippen molar-refractivity contribution >= 4 is 11.8 Å². The zero-order valence-corrected chi connectivity index (χ0v) is 17.3. The van der Waals surface area contributed by atoms with E-state index in [1.165, 1.54) is 12.1 Å². The zero-order valence-electron chi connectivity index (χ0n) is 17.3. The Morgan fingerprint density at radius 1 is 1.06 bits per heavy atom. The number of hydrogen-bond acceptors (Lipinski definition) is 3. The first-order valence-electron chi connectivity index (χ1n) is 10.3. The third-order valence-electron chi connectivity index (χ3n) is 5.69. The number of rotatable bonds is 5. The van der Waals surface area contributed by atoms with Crippen molar-refractivity contribution in [2.75, 3.05) is 13.1 Å². The minimum Gasteiger partial charge on any atom is -0.350 e. The lowest BCUT2D eigenvalue weighted by atomic mass is 9.88. The molecular weight excluding hydrogens is 393 g/mol. The van der Waals surface area contributed by atoms with Crippen LogP contribution in [0.3, 0.4) is 0 Å². The summed E-state index contributed by atoms with van der Waals surface area (Å²) >= 11 is 0. The van der Waals surface area contributed by atoms with Crippen LogP contribution in [0.2, 0.25) is 0 Å². The number of nitrogens with zero attached hydrogens (tertiary/aromatic N) is 2. The molecule has 0 aliphatic carbocycles. The molecular formula is C25H24FN3O2. The summed E-state index contributed by atoms with van der Waals surface area (Å²) in [4.78, 5) is 32.0. The fourth-order valence-corrected chi connectivity index (χ4v) is 4.00. The van der Waals surface area contributed by atoms with Gasteiger partial charge in [-0.3, -0.25) is 14.6 Å². The molecule has 1 aliphatic heterocycles. The summed E-state index contributed by atoms with van der Waals surface area (Å²) in [5.74, 6) is -1.40. The molecule has 0 spiro atoms. The lowest BCUT2D eigenvalue weighted by molar-refractivity contribution is -0.125. The second-order valence-electron chi connectivity index (χ2n) is 7.88. The van der Waals surface area contributed by atoms with Crippen LogP contribution in [0.5, 0.6) is 0 Å². The number of amides is 2. The van der Waals surface area contributed by atoms with E-state index in [1.807, 2.05) is 43.3 Å². The molecule has 31 heavy (non-hydrogen) atoms. The number of carbonyl (C=O) groups is 2. The van der Waals surface area contributed by atoms with Gasteiger partial charge in [-0.2, -0.15) is 0 Å². The van der Waals surface area contributed by atoms with Gasteiger partial charge in [-0.05, 0) is 48.9 Å². The highest BCUT2D eigenvalue weighted by atomic mass is 19.1. The Labute approximate surface area is 180 Å². The third kappa shape index (κ3) is 4.79. The Hall–Kier alpha value is -3.54. The fraction of sp³-hybridized carbons (Fsp3) is 0.240. The maximum absolute atomic E-state index is 13.9. The number of nitrogens with one attached hydrogen (secondary N) is 1. The van der Waals surface area contributed by atoms with Crippen LogP contribution < -0.4 is 5.32 Å². The van der Waals surface area contributed by atoms with Crippen LogP contribution in [0.25, 0.3) is 0 Å². The molecule has 0 saturated carbocycles. The second kappa shape index (κ2) is 9.08. The van der Waals surface area contributed by atoms with Gasteiger partial charge in [-0.25, -0.2) is 4.39 Å². The average Bonchev–Trinajstić information content (AvgIpc) is 3.24. The number of halogens is 1. The lowest BCUT2D eigenvalue weighted by Crippen LogP contribution is -2.35. The number of pyridine rings is 1. The summed E-state index contributed by atoms with van der Waals surface area (Å²) in [7, 11) is 0. The molecule has 3 aromatic rings. The summed E-state index contributed by atoms with van der Waals surface area (Å²) in [6, 6.07) is 19.2. The molecule has 5 nitrogen and oxygen atoms in total. The third-order valence-corrected chi connectivity index (χ3v) is 5.69. The van der Waals surface area contributed by atoms with Crippen molar-refractivity contribution in [1.82, 2.24) is 15.2 Å². The zero-order chi connectivity index (χ0) is 21.8. The first-order chi connectivity index (χ1) is 15.0. The first-order valence-corrected chi connectivity index (χ1v) is 10.3. The Morgan fingerprint density at radius 2 is 1.87 bits per heavy atom. The number of likely N-dealkylation sites (tertiary alicyclic amines) is 1. The Kier molecular flexibility index (Phi) is 6.07. The lowest BCUT2D eigenvalue weighted by Gasteiger charge is -2.18. The maximum Gasteiger partial charge on any atom is 0.253 e. The number of hydrogen-bond donors (Lipinski definition) is 1. The average molecular weight is 417 g/mol. The monoisotopic (exact) mass is 417 g/mol. The molecule has 2 aromatic carbocycles. The van der Waals surface area contributed by atoms with Gasteiger partial charge in [0.05, 0.1) is 18.2 Å². The van der Waals surface area contributed by atoms with Gasteiger partial charge in [0.15, 0.2) is 0 Å². The van der Waals surface area contributed by atoms with Gasteiger partial charge in [-0.15, -0.1) is 0 Å². The van der Waals surface area contributed by atoms with Crippen LogP contribution in [0.15, 0.2) is 72.9 Å². The number of aryl methyl sites for hydroxylation is 1. The van der Waals surface area contributed by atoms with E-state index in [1.54, 1.807) is 29.3 Å². The van der Waals surface area contributed by atoms with Gasteiger partial charge in [-0.1, -0.05) is 35.9 Å². The Morgan fingerprint density at radius 3 is 2.58 bits per heavy atom. The van der Waals surface area contributed by atoms with E-state index in [0.29, 0.717) is 18.7 Å². The first kappa shape index (κ1) is 20.7. The second-order valence-corrected chi connectivity index (χ2v) is 7.88. The van der Waals surface area contributed by atoms with Crippen LogP contribution in [-0.4, -0.2) is 34.8 Å². The van der Waals surface area contributed by atoms with Crippen LogP contribution in [0.1, 0.15) is 33.1 Å². The smallest absolute Gasteiger partial charge is 0.253 e. The van der Waals surface area contributed by atoms with Crippen molar-refractivity contribution < 1.29 is 14.0 Å². The summed E-state index contributed by atoms with van der Waals surface area (Å²) in [5.41, 5.74) is 3.13. The Balaban J connectivity index is 1.55. The molecule has 2 amide bonds. The number of aromatic nitrogens is 1. The Bertz CT molecular complexity index is 1070. The summed E-state index contributed by atoms with van der Waals surface area (Å²) in [6.45, 7) is 2.91. The predicted octanol–water partition coefficient (Wildman–Crippen LogP) is 3.70. The van der Waals surface area contributed by atoms with E-state index in [0.717, 1.165) is 16.8 Å².